The SMILES string of the molecule is CC1Oc2cc(nnc2N)C2=C(C#N)CC(C(C)C)N=C2CCS(=O)(=O)c2ccc(F)cc21. The van der Waals surface area contributed by atoms with Crippen molar-refractivity contribution in [2.45, 2.75) is 50.7 Å². The zero-order valence-corrected chi connectivity index (χ0v) is 19.4. The van der Waals surface area contributed by atoms with Crippen molar-refractivity contribution in [2.24, 2.45) is 10.9 Å². The summed E-state index contributed by atoms with van der Waals surface area (Å²) < 4.78 is 46.6. The number of allylic oxidation sites excluding steroid dienone is 1. The van der Waals surface area contributed by atoms with Crippen molar-refractivity contribution >= 4 is 26.9 Å². The number of aromatic nitrogens is 2. The summed E-state index contributed by atoms with van der Waals surface area (Å²) in [7, 11) is -3.82. The van der Waals surface area contributed by atoms with Crippen molar-refractivity contribution in [3.63, 3.8) is 0 Å². The van der Waals surface area contributed by atoms with E-state index in [9.17, 15) is 18.1 Å². The van der Waals surface area contributed by atoms with Crippen molar-refractivity contribution < 1.29 is 17.5 Å². The molecule has 0 spiro atoms. The van der Waals surface area contributed by atoms with Crippen LogP contribution in [0.5, 0.6) is 5.75 Å². The van der Waals surface area contributed by atoms with Crippen molar-refractivity contribution in [2.75, 3.05) is 11.5 Å². The monoisotopic (exact) mass is 469 g/mol. The third-order valence-electron chi connectivity index (χ3n) is 5.93. The number of sulfone groups is 1. The molecule has 8 nitrogen and oxygen atoms in total. The number of anilines is 1. The second kappa shape index (κ2) is 8.56. The van der Waals surface area contributed by atoms with E-state index in [1.807, 2.05) is 13.8 Å². The molecule has 2 aliphatic heterocycles. The number of benzene rings is 1. The lowest BCUT2D eigenvalue weighted by atomic mass is 9.87. The summed E-state index contributed by atoms with van der Waals surface area (Å²) >= 11 is 0. The van der Waals surface area contributed by atoms with Gasteiger partial charge in [-0.3, -0.25) is 4.99 Å². The summed E-state index contributed by atoms with van der Waals surface area (Å²) in [5.74, 6) is -0.526. The van der Waals surface area contributed by atoms with Crippen molar-refractivity contribution in [3.8, 4) is 11.8 Å². The first-order valence-corrected chi connectivity index (χ1v) is 12.3. The number of fused-ring (bicyclic) bond motifs is 5. The fourth-order valence-electron chi connectivity index (χ4n) is 4.09. The van der Waals surface area contributed by atoms with Crippen LogP contribution in [0.2, 0.25) is 0 Å². The van der Waals surface area contributed by atoms with Gasteiger partial charge in [-0.2, -0.15) is 5.26 Å². The molecule has 1 aromatic carbocycles. The van der Waals surface area contributed by atoms with E-state index in [1.165, 1.54) is 6.07 Å². The Labute approximate surface area is 191 Å². The Bertz CT molecular complexity index is 1330. The number of nitrogens with zero attached hydrogens (tertiary/aromatic N) is 4. The molecule has 0 amide bonds. The van der Waals surface area contributed by atoms with Gasteiger partial charge in [-0.15, -0.1) is 10.2 Å². The molecule has 0 saturated carbocycles. The number of aliphatic imine (C=N–C) groups is 1. The maximum absolute atomic E-state index is 14.0. The third kappa shape index (κ3) is 4.33. The zero-order chi connectivity index (χ0) is 23.9. The molecule has 33 heavy (non-hydrogen) atoms. The molecular weight excluding hydrogens is 445 g/mol. The van der Waals surface area contributed by atoms with Gasteiger partial charge in [0.25, 0.3) is 0 Å². The van der Waals surface area contributed by atoms with E-state index < -0.39 is 21.8 Å². The number of nitrogens with two attached hydrogens (primary N) is 1. The Hall–Kier alpha value is -3.32. The van der Waals surface area contributed by atoms with Gasteiger partial charge in [0.2, 0.25) is 0 Å². The van der Waals surface area contributed by atoms with Crippen molar-refractivity contribution in [1.82, 2.24) is 10.2 Å². The van der Waals surface area contributed by atoms with Crippen LogP contribution in [-0.4, -0.2) is 36.1 Å². The normalized spacial score (nSPS) is 22.1. The largest absolute Gasteiger partial charge is 0.482 e. The molecule has 0 fully saturated rings. The van der Waals surface area contributed by atoms with Gasteiger partial charge < -0.3 is 10.5 Å². The van der Waals surface area contributed by atoms with Gasteiger partial charge in [0.1, 0.15) is 11.9 Å². The number of hydrogen-bond acceptors (Lipinski definition) is 8. The van der Waals surface area contributed by atoms with E-state index >= 15 is 0 Å². The number of nitriles is 1. The molecule has 2 aliphatic rings. The van der Waals surface area contributed by atoms with Gasteiger partial charge >= 0.3 is 0 Å². The number of ether oxygens (including phenoxy) is 1. The maximum atomic E-state index is 14.0. The highest BCUT2D eigenvalue weighted by molar-refractivity contribution is 7.91. The average molecular weight is 470 g/mol. The standard InChI is InChI=1S/C23H24FN5O3S/c1-12(2)18-8-14(11-25)22-17(27-18)6-7-33(30,31)21-5-4-15(24)9-16(21)13(3)32-20-10-19(22)28-29-23(20)26/h4-5,9-10,12-13,18H,6-8H2,1-3H3,(H2,26,29). The lowest BCUT2D eigenvalue weighted by Gasteiger charge is -2.27. The Morgan fingerprint density at radius 1 is 1.27 bits per heavy atom. The minimum Gasteiger partial charge on any atom is -0.482 e. The van der Waals surface area contributed by atoms with Crippen LogP contribution < -0.4 is 10.5 Å². The molecule has 2 bridgehead atoms. The molecule has 4 rings (SSSR count). The van der Waals surface area contributed by atoms with Crippen molar-refractivity contribution in [1.29, 1.82) is 5.26 Å². The summed E-state index contributed by atoms with van der Waals surface area (Å²) in [5, 5.41) is 18.0. The molecule has 10 heteroatoms. The van der Waals surface area contributed by atoms with Crippen LogP contribution >= 0.6 is 0 Å². The maximum Gasteiger partial charge on any atom is 0.188 e. The topological polar surface area (TPSA) is 131 Å². The molecule has 0 aliphatic carbocycles. The van der Waals surface area contributed by atoms with Crippen LogP contribution in [-0.2, 0) is 9.84 Å². The van der Waals surface area contributed by atoms with Crippen LogP contribution in [0.15, 0.2) is 39.7 Å². The Morgan fingerprint density at radius 3 is 2.73 bits per heavy atom. The first-order valence-electron chi connectivity index (χ1n) is 10.6. The molecule has 2 aromatic rings. The zero-order valence-electron chi connectivity index (χ0n) is 18.5. The Morgan fingerprint density at radius 2 is 2.03 bits per heavy atom. The summed E-state index contributed by atoms with van der Waals surface area (Å²) in [5.41, 5.74) is 7.90. The van der Waals surface area contributed by atoms with E-state index in [0.717, 1.165) is 12.1 Å². The molecule has 3 heterocycles. The van der Waals surface area contributed by atoms with Crippen molar-refractivity contribution in [3.05, 3.63) is 46.9 Å². The molecule has 2 N–H and O–H groups in total. The van der Waals surface area contributed by atoms with Crippen LogP contribution in [0, 0.1) is 23.1 Å². The van der Waals surface area contributed by atoms with Gasteiger partial charge in [-0.05, 0) is 31.0 Å². The van der Waals surface area contributed by atoms with E-state index in [1.54, 1.807) is 13.0 Å². The molecule has 0 radical (unpaired) electrons. The quantitative estimate of drug-likeness (QED) is 0.630. The average Bonchev–Trinajstić information content (AvgIpc) is 2.77. The second-order valence-electron chi connectivity index (χ2n) is 8.55. The summed E-state index contributed by atoms with van der Waals surface area (Å²) in [4.78, 5) is 4.79. The number of hydrogen-bond donors (Lipinski definition) is 1. The minimum absolute atomic E-state index is 0.00284. The smallest absolute Gasteiger partial charge is 0.188 e. The molecule has 0 saturated heterocycles. The van der Waals surface area contributed by atoms with Gasteiger partial charge in [-0.1, -0.05) is 13.8 Å². The van der Waals surface area contributed by atoms with E-state index in [0.29, 0.717) is 29.0 Å². The number of rotatable bonds is 1. The molecule has 172 valence electrons. The summed E-state index contributed by atoms with van der Waals surface area (Å²) in [6, 6.07) is 7.18. The predicted molar refractivity (Wildman–Crippen MR) is 122 cm³/mol. The van der Waals surface area contributed by atoms with Gasteiger partial charge in [0.05, 0.1) is 28.5 Å². The highest BCUT2D eigenvalue weighted by atomic mass is 32.2. The lowest BCUT2D eigenvalue weighted by Crippen LogP contribution is -2.26. The summed E-state index contributed by atoms with van der Waals surface area (Å²) in [6.07, 6.45) is -0.349. The van der Waals surface area contributed by atoms with E-state index in [-0.39, 0.29) is 46.2 Å². The lowest BCUT2D eigenvalue weighted by molar-refractivity contribution is 0.223. The molecule has 1 aromatic heterocycles. The predicted octanol–water partition coefficient (Wildman–Crippen LogP) is 3.66. The van der Waals surface area contributed by atoms with Crippen LogP contribution in [0.4, 0.5) is 10.2 Å². The first-order chi connectivity index (χ1) is 15.6. The molecule has 2 atom stereocenters. The fourth-order valence-corrected chi connectivity index (χ4v) is 5.63. The Kier molecular flexibility index (Phi) is 5.93. The second-order valence-corrected chi connectivity index (χ2v) is 10.6. The number of nitrogen functional groups attached to an aromatic ring is 1. The molecule has 2 unspecified atom stereocenters. The molecular formula is C23H24FN5O3S. The number of halogens is 1. The van der Waals surface area contributed by atoms with Gasteiger partial charge in [0, 0.05) is 41.3 Å². The first kappa shape index (κ1) is 22.9. The van der Waals surface area contributed by atoms with Crippen LogP contribution in [0.1, 0.15) is 51.0 Å². The van der Waals surface area contributed by atoms with E-state index in [4.69, 9.17) is 15.5 Å². The highest BCUT2D eigenvalue weighted by Crippen LogP contribution is 2.37. The minimum atomic E-state index is -3.82. The van der Waals surface area contributed by atoms with Gasteiger partial charge in [-0.25, -0.2) is 12.8 Å². The highest BCUT2D eigenvalue weighted by Gasteiger charge is 2.31. The van der Waals surface area contributed by atoms with Crippen LogP contribution in [0.25, 0.3) is 5.57 Å². The van der Waals surface area contributed by atoms with Gasteiger partial charge in [0.15, 0.2) is 21.4 Å². The van der Waals surface area contributed by atoms with Crippen LogP contribution in [0.3, 0.4) is 0 Å². The third-order valence-corrected chi connectivity index (χ3v) is 7.71. The fraction of sp³-hybridized carbons (Fsp3) is 0.391. The summed E-state index contributed by atoms with van der Waals surface area (Å²) in [6.45, 7) is 5.61. The number of dihydropyridines is 1. The van der Waals surface area contributed by atoms with E-state index in [2.05, 4.69) is 16.3 Å². The Balaban J connectivity index is 1.96.